The van der Waals surface area contributed by atoms with Crippen LogP contribution in [0.25, 0.3) is 11.3 Å². The van der Waals surface area contributed by atoms with Crippen LogP contribution in [0.15, 0.2) is 79.1 Å². The lowest BCUT2D eigenvalue weighted by Crippen LogP contribution is -2.56. The number of rotatable bonds is 9. The third-order valence-electron chi connectivity index (χ3n) is 8.25. The number of aromatic nitrogens is 4. The van der Waals surface area contributed by atoms with Gasteiger partial charge in [0.25, 0.3) is 0 Å². The largest absolute Gasteiger partial charge is 0.496 e. The molecule has 3 fully saturated rings. The highest BCUT2D eigenvalue weighted by Crippen LogP contribution is 2.43. The number of pyridine rings is 2. The Morgan fingerprint density at radius 3 is 2.29 bits per heavy atom. The van der Waals surface area contributed by atoms with Crippen molar-refractivity contribution in [1.82, 2.24) is 29.5 Å². The molecule has 6 heterocycles. The van der Waals surface area contributed by atoms with E-state index >= 15 is 0 Å². The van der Waals surface area contributed by atoms with Crippen molar-refractivity contribution in [1.29, 1.82) is 0 Å². The predicted octanol–water partition coefficient (Wildman–Crippen LogP) is 4.77. The monoisotopic (exact) mass is 508 g/mol. The summed E-state index contributed by atoms with van der Waals surface area (Å²) in [4.78, 5) is 14.5. The van der Waals surface area contributed by atoms with Crippen molar-refractivity contribution in [2.45, 2.75) is 37.9 Å². The third kappa shape index (κ3) is 5.22. The van der Waals surface area contributed by atoms with Crippen LogP contribution in [0.2, 0.25) is 0 Å². The molecule has 3 aliphatic rings. The molecule has 7 nitrogen and oxygen atoms in total. The Labute approximate surface area is 225 Å². The Morgan fingerprint density at radius 1 is 0.947 bits per heavy atom. The van der Waals surface area contributed by atoms with Crippen molar-refractivity contribution < 1.29 is 4.74 Å². The van der Waals surface area contributed by atoms with Gasteiger partial charge in [-0.05, 0) is 67.8 Å². The van der Waals surface area contributed by atoms with E-state index in [0.29, 0.717) is 17.9 Å². The predicted molar refractivity (Wildman–Crippen MR) is 149 cm³/mol. The van der Waals surface area contributed by atoms with E-state index in [1.165, 1.54) is 25.1 Å². The average molecular weight is 509 g/mol. The summed E-state index contributed by atoms with van der Waals surface area (Å²) in [7, 11) is 3.81. The first-order valence-electron chi connectivity index (χ1n) is 13.6. The molecule has 1 aromatic carbocycles. The molecule has 0 amide bonds. The van der Waals surface area contributed by atoms with Gasteiger partial charge in [-0.1, -0.05) is 24.3 Å². The van der Waals surface area contributed by atoms with E-state index in [1.54, 1.807) is 7.11 Å². The molecule has 4 atom stereocenters. The van der Waals surface area contributed by atoms with Gasteiger partial charge in [0, 0.05) is 68.8 Å². The number of fused-ring (bicyclic) bond motifs is 3. The smallest absolute Gasteiger partial charge is 0.128 e. The van der Waals surface area contributed by atoms with Crippen LogP contribution in [-0.2, 0) is 20.1 Å². The number of piperidine rings is 3. The van der Waals surface area contributed by atoms with E-state index in [1.807, 2.05) is 42.7 Å². The summed E-state index contributed by atoms with van der Waals surface area (Å²) in [6.07, 6.45) is 6.23. The zero-order valence-corrected chi connectivity index (χ0v) is 22.3. The molecule has 0 N–H and O–H groups in total. The molecule has 0 saturated carbocycles. The second-order valence-electron chi connectivity index (χ2n) is 10.6. The van der Waals surface area contributed by atoms with Crippen molar-refractivity contribution >= 4 is 0 Å². The van der Waals surface area contributed by atoms with Crippen LogP contribution in [0.1, 0.15) is 35.8 Å². The van der Waals surface area contributed by atoms with Gasteiger partial charge >= 0.3 is 0 Å². The van der Waals surface area contributed by atoms with Crippen LogP contribution in [0, 0.1) is 5.92 Å². The minimum atomic E-state index is 0.501. The number of aryl methyl sites for hydroxylation is 1. The van der Waals surface area contributed by atoms with Crippen molar-refractivity contribution in [3.05, 3.63) is 96.2 Å². The number of hydrogen-bond donors (Lipinski definition) is 0. The van der Waals surface area contributed by atoms with E-state index in [4.69, 9.17) is 9.84 Å². The number of methoxy groups -OCH3 is 1. The number of benzene rings is 1. The maximum absolute atomic E-state index is 5.61. The fourth-order valence-electron chi connectivity index (χ4n) is 6.40. The molecule has 3 saturated heterocycles. The zero-order chi connectivity index (χ0) is 25.9. The van der Waals surface area contributed by atoms with Gasteiger partial charge < -0.3 is 4.74 Å². The summed E-state index contributed by atoms with van der Waals surface area (Å²) in [6.45, 7) is 4.94. The molecule has 3 aromatic heterocycles. The van der Waals surface area contributed by atoms with Crippen molar-refractivity contribution in [3.63, 3.8) is 0 Å². The summed E-state index contributed by atoms with van der Waals surface area (Å²) < 4.78 is 7.70. The maximum atomic E-state index is 5.61. The van der Waals surface area contributed by atoms with Crippen molar-refractivity contribution in [2.24, 2.45) is 13.0 Å². The summed E-state index contributed by atoms with van der Waals surface area (Å²) in [5.74, 6) is 2.03. The Morgan fingerprint density at radius 2 is 1.66 bits per heavy atom. The van der Waals surface area contributed by atoms with E-state index < -0.39 is 0 Å². The topological polar surface area (TPSA) is 59.3 Å². The molecule has 38 heavy (non-hydrogen) atoms. The second-order valence-corrected chi connectivity index (χ2v) is 10.6. The summed E-state index contributed by atoms with van der Waals surface area (Å²) in [5.41, 5.74) is 5.59. The van der Waals surface area contributed by atoms with Gasteiger partial charge in [-0.15, -0.1) is 0 Å². The number of ether oxygens (including phenoxy) is 1. The Bertz CT molecular complexity index is 1300. The molecule has 3 aliphatic heterocycles. The van der Waals surface area contributed by atoms with E-state index in [2.05, 4.69) is 67.9 Å². The van der Waals surface area contributed by atoms with Crippen molar-refractivity contribution in [3.8, 4) is 17.0 Å². The van der Waals surface area contributed by atoms with Crippen LogP contribution >= 0.6 is 0 Å². The second kappa shape index (κ2) is 11.1. The first-order chi connectivity index (χ1) is 18.7. The number of hydrogen-bond acceptors (Lipinski definition) is 6. The van der Waals surface area contributed by atoms with Crippen LogP contribution in [0.4, 0.5) is 0 Å². The molecule has 4 aromatic rings. The maximum Gasteiger partial charge on any atom is 0.128 e. The Balaban J connectivity index is 1.19. The summed E-state index contributed by atoms with van der Waals surface area (Å²) in [6, 6.07) is 23.3. The molecular weight excluding hydrogens is 472 g/mol. The van der Waals surface area contributed by atoms with Gasteiger partial charge in [0.15, 0.2) is 0 Å². The van der Waals surface area contributed by atoms with Gasteiger partial charge in [0.1, 0.15) is 5.75 Å². The lowest BCUT2D eigenvalue weighted by Gasteiger charge is -2.51. The van der Waals surface area contributed by atoms with Gasteiger partial charge in [-0.2, -0.15) is 5.10 Å². The molecular formula is C31H36N6O. The van der Waals surface area contributed by atoms with Crippen LogP contribution < -0.4 is 4.74 Å². The lowest BCUT2D eigenvalue weighted by molar-refractivity contribution is 0.00727. The third-order valence-corrected chi connectivity index (χ3v) is 8.25. The number of nitrogens with zero attached hydrogens (tertiary/aromatic N) is 6. The molecule has 196 valence electrons. The van der Waals surface area contributed by atoms with Gasteiger partial charge in [0.05, 0.1) is 24.2 Å². The minimum absolute atomic E-state index is 0.501. The SMILES string of the molecule is COc1ccccc1-c1cc(C2CN3CCC2CC3CN(Cc2ccccn2)Cc2ccccn2)n(C)n1. The fourth-order valence-corrected chi connectivity index (χ4v) is 6.40. The Hall–Kier alpha value is -3.55. The van der Waals surface area contributed by atoms with E-state index in [-0.39, 0.29) is 0 Å². The molecule has 0 spiro atoms. The Kier molecular flexibility index (Phi) is 7.20. The van der Waals surface area contributed by atoms with Gasteiger partial charge in [-0.3, -0.25) is 24.4 Å². The first kappa shape index (κ1) is 24.8. The summed E-state index contributed by atoms with van der Waals surface area (Å²) >= 11 is 0. The van der Waals surface area contributed by atoms with Gasteiger partial charge in [-0.25, -0.2) is 0 Å². The van der Waals surface area contributed by atoms with E-state index in [0.717, 1.165) is 54.6 Å². The van der Waals surface area contributed by atoms with Crippen molar-refractivity contribution in [2.75, 3.05) is 26.7 Å². The first-order valence-corrected chi connectivity index (χ1v) is 13.6. The summed E-state index contributed by atoms with van der Waals surface area (Å²) in [5, 5.41) is 4.91. The highest BCUT2D eigenvalue weighted by Gasteiger charge is 2.42. The zero-order valence-electron chi connectivity index (χ0n) is 22.3. The standard InChI is InChI=1S/C31H36N6O/c1-35-30(18-29(34-35)27-11-3-4-12-31(27)38-2)28-22-37-16-13-23(28)17-26(37)21-36(19-24-9-5-7-14-32-24)20-25-10-6-8-15-33-25/h3-12,14-15,18,23,26,28H,13,16-17,19-22H2,1-2H3. The molecule has 0 radical (unpaired) electrons. The molecule has 7 rings (SSSR count). The minimum Gasteiger partial charge on any atom is -0.496 e. The molecule has 0 aliphatic carbocycles. The highest BCUT2D eigenvalue weighted by molar-refractivity contribution is 5.67. The van der Waals surface area contributed by atoms with Crippen LogP contribution in [0.5, 0.6) is 5.75 Å². The average Bonchev–Trinajstić information content (AvgIpc) is 3.35. The quantitative estimate of drug-likeness (QED) is 0.325. The normalized spacial score (nSPS) is 22.6. The van der Waals surface area contributed by atoms with Crippen LogP contribution in [0.3, 0.4) is 0 Å². The van der Waals surface area contributed by atoms with E-state index in [9.17, 15) is 0 Å². The molecule has 4 unspecified atom stereocenters. The highest BCUT2D eigenvalue weighted by atomic mass is 16.5. The number of para-hydroxylation sites is 1. The molecule has 7 heteroatoms. The van der Waals surface area contributed by atoms with Crippen LogP contribution in [-0.4, -0.2) is 62.3 Å². The fraction of sp³-hybridized carbons (Fsp3) is 0.387. The van der Waals surface area contributed by atoms with Gasteiger partial charge in [0.2, 0.25) is 0 Å². The molecule has 2 bridgehead atoms. The lowest BCUT2D eigenvalue weighted by atomic mass is 9.74.